The summed E-state index contributed by atoms with van der Waals surface area (Å²) in [6.45, 7) is 3.99. The number of rotatable bonds is 4. The first-order chi connectivity index (χ1) is 14.0. The first-order valence-corrected chi connectivity index (χ1v) is 9.59. The van der Waals surface area contributed by atoms with Gasteiger partial charge in [-0.05, 0) is 65.9 Å². The molecule has 1 aromatic heterocycles. The molecule has 0 spiro atoms. The van der Waals surface area contributed by atoms with Crippen LogP contribution in [0.3, 0.4) is 0 Å². The van der Waals surface area contributed by atoms with Gasteiger partial charge in [0.15, 0.2) is 0 Å². The highest BCUT2D eigenvalue weighted by Gasteiger charge is 2.08. The third-order valence-corrected chi connectivity index (χ3v) is 5.05. The van der Waals surface area contributed by atoms with E-state index in [2.05, 4.69) is 12.2 Å². The number of fused-ring (bicyclic) bond motifs is 1. The fraction of sp³-hybridized carbons (Fsp3) is 0.120. The van der Waals surface area contributed by atoms with Gasteiger partial charge in [-0.15, -0.1) is 0 Å². The molecule has 29 heavy (non-hydrogen) atoms. The van der Waals surface area contributed by atoms with Crippen molar-refractivity contribution in [3.05, 3.63) is 99.9 Å². The summed E-state index contributed by atoms with van der Waals surface area (Å²) in [6.07, 6.45) is 0.966. The fourth-order valence-corrected chi connectivity index (χ4v) is 3.35. The van der Waals surface area contributed by atoms with Crippen LogP contribution in [-0.4, -0.2) is 5.91 Å². The predicted molar refractivity (Wildman–Crippen MR) is 116 cm³/mol. The molecule has 4 rings (SSSR count). The Kier molecular flexibility index (Phi) is 5.00. The second kappa shape index (κ2) is 7.76. The van der Waals surface area contributed by atoms with E-state index in [9.17, 15) is 9.59 Å². The maximum atomic E-state index is 12.5. The summed E-state index contributed by atoms with van der Waals surface area (Å²) in [5.74, 6) is -0.152. The van der Waals surface area contributed by atoms with Crippen LogP contribution >= 0.6 is 0 Å². The molecule has 4 nitrogen and oxygen atoms in total. The average molecular weight is 383 g/mol. The molecule has 0 aliphatic carbocycles. The summed E-state index contributed by atoms with van der Waals surface area (Å²) in [6, 6.07) is 22.5. The number of carbonyl (C=O) groups is 1. The van der Waals surface area contributed by atoms with Gasteiger partial charge in [-0.3, -0.25) is 4.79 Å². The molecular weight excluding hydrogens is 362 g/mol. The first-order valence-electron chi connectivity index (χ1n) is 9.59. The normalized spacial score (nSPS) is 10.8. The van der Waals surface area contributed by atoms with E-state index in [1.807, 2.05) is 61.5 Å². The summed E-state index contributed by atoms with van der Waals surface area (Å²) < 4.78 is 5.33. The van der Waals surface area contributed by atoms with Gasteiger partial charge in [-0.1, -0.05) is 43.3 Å². The Morgan fingerprint density at radius 1 is 0.897 bits per heavy atom. The molecular formula is C25H21NO3. The van der Waals surface area contributed by atoms with Gasteiger partial charge in [0, 0.05) is 22.7 Å². The van der Waals surface area contributed by atoms with Crippen LogP contribution in [0.5, 0.6) is 0 Å². The van der Waals surface area contributed by atoms with Crippen LogP contribution in [0.25, 0.3) is 22.1 Å². The van der Waals surface area contributed by atoms with E-state index in [4.69, 9.17) is 4.42 Å². The van der Waals surface area contributed by atoms with Gasteiger partial charge in [-0.2, -0.15) is 0 Å². The van der Waals surface area contributed by atoms with Crippen LogP contribution in [0.2, 0.25) is 0 Å². The zero-order chi connectivity index (χ0) is 20.4. The molecule has 0 aliphatic heterocycles. The lowest BCUT2D eigenvalue weighted by Gasteiger charge is -2.08. The van der Waals surface area contributed by atoms with Crippen molar-refractivity contribution in [2.75, 3.05) is 5.32 Å². The second-order valence-corrected chi connectivity index (χ2v) is 7.04. The minimum absolute atomic E-state index is 0.152. The topological polar surface area (TPSA) is 59.3 Å². The van der Waals surface area contributed by atoms with Crippen molar-refractivity contribution in [2.45, 2.75) is 20.3 Å². The van der Waals surface area contributed by atoms with E-state index >= 15 is 0 Å². The molecule has 0 saturated heterocycles. The monoisotopic (exact) mass is 383 g/mol. The summed E-state index contributed by atoms with van der Waals surface area (Å²) >= 11 is 0. The molecule has 144 valence electrons. The second-order valence-electron chi connectivity index (χ2n) is 7.04. The Hall–Kier alpha value is -3.66. The van der Waals surface area contributed by atoms with Crippen LogP contribution in [0.15, 0.2) is 82.0 Å². The lowest BCUT2D eigenvalue weighted by Crippen LogP contribution is -2.11. The molecule has 1 amide bonds. The molecule has 1 N–H and O–H groups in total. The molecule has 4 heteroatoms. The van der Waals surface area contributed by atoms with E-state index in [-0.39, 0.29) is 11.5 Å². The predicted octanol–water partition coefficient (Wildman–Crippen LogP) is 5.58. The van der Waals surface area contributed by atoms with Crippen molar-refractivity contribution < 1.29 is 9.21 Å². The highest BCUT2D eigenvalue weighted by atomic mass is 16.4. The number of carbonyl (C=O) groups excluding carboxylic acids is 1. The Balaban J connectivity index is 1.56. The Labute approximate surface area is 168 Å². The van der Waals surface area contributed by atoms with Crippen molar-refractivity contribution in [3.8, 4) is 11.1 Å². The van der Waals surface area contributed by atoms with E-state index in [0.717, 1.165) is 34.2 Å². The number of amides is 1. The Bertz CT molecular complexity index is 1240. The molecule has 0 aliphatic rings. The number of anilines is 1. The number of hydrogen-bond acceptors (Lipinski definition) is 3. The maximum absolute atomic E-state index is 12.5. The number of hydrogen-bond donors (Lipinski definition) is 1. The number of nitrogens with one attached hydrogen (secondary N) is 1. The van der Waals surface area contributed by atoms with Crippen LogP contribution in [0.4, 0.5) is 5.69 Å². The highest BCUT2D eigenvalue weighted by molar-refractivity contribution is 6.04. The molecule has 0 unspecified atom stereocenters. The quantitative estimate of drug-likeness (QED) is 0.468. The van der Waals surface area contributed by atoms with Crippen LogP contribution in [0.1, 0.15) is 28.4 Å². The first kappa shape index (κ1) is 18.7. The summed E-state index contributed by atoms with van der Waals surface area (Å²) in [7, 11) is 0. The lowest BCUT2D eigenvalue weighted by atomic mass is 10.0. The van der Waals surface area contributed by atoms with E-state index in [1.54, 1.807) is 12.1 Å². The van der Waals surface area contributed by atoms with Crippen molar-refractivity contribution in [2.24, 2.45) is 0 Å². The van der Waals surface area contributed by atoms with Crippen molar-refractivity contribution in [1.82, 2.24) is 0 Å². The molecule has 0 bridgehead atoms. The van der Waals surface area contributed by atoms with Crippen LogP contribution in [-0.2, 0) is 6.42 Å². The molecule has 0 atom stereocenters. The molecule has 0 radical (unpaired) electrons. The van der Waals surface area contributed by atoms with Gasteiger partial charge in [0.25, 0.3) is 5.91 Å². The van der Waals surface area contributed by atoms with E-state index < -0.39 is 0 Å². The zero-order valence-electron chi connectivity index (χ0n) is 16.4. The van der Waals surface area contributed by atoms with Crippen LogP contribution < -0.4 is 10.9 Å². The van der Waals surface area contributed by atoms with Gasteiger partial charge in [0.05, 0.1) is 0 Å². The fourth-order valence-electron chi connectivity index (χ4n) is 3.35. The maximum Gasteiger partial charge on any atom is 0.336 e. The molecule has 0 fully saturated rings. The Morgan fingerprint density at radius 3 is 2.28 bits per heavy atom. The minimum atomic E-state index is -0.355. The average Bonchev–Trinajstić information content (AvgIpc) is 2.74. The molecule has 0 saturated carbocycles. The minimum Gasteiger partial charge on any atom is -0.423 e. The van der Waals surface area contributed by atoms with Gasteiger partial charge in [0.2, 0.25) is 0 Å². The van der Waals surface area contributed by atoms with Crippen molar-refractivity contribution in [3.63, 3.8) is 0 Å². The van der Waals surface area contributed by atoms with E-state index in [1.165, 1.54) is 11.6 Å². The third-order valence-electron chi connectivity index (χ3n) is 5.05. The summed E-state index contributed by atoms with van der Waals surface area (Å²) in [5, 5.41) is 3.83. The van der Waals surface area contributed by atoms with Gasteiger partial charge < -0.3 is 9.73 Å². The van der Waals surface area contributed by atoms with Crippen molar-refractivity contribution >= 4 is 22.6 Å². The van der Waals surface area contributed by atoms with Crippen molar-refractivity contribution in [1.29, 1.82) is 0 Å². The molecule has 3 aromatic carbocycles. The summed E-state index contributed by atoms with van der Waals surface area (Å²) in [4.78, 5) is 24.2. The Morgan fingerprint density at radius 2 is 1.59 bits per heavy atom. The van der Waals surface area contributed by atoms with E-state index in [0.29, 0.717) is 11.1 Å². The smallest absolute Gasteiger partial charge is 0.336 e. The summed E-state index contributed by atoms with van der Waals surface area (Å²) in [5.41, 5.74) is 5.55. The third kappa shape index (κ3) is 3.97. The standard InChI is InChI=1S/C25H21NO3/c1-3-17-4-11-21(12-5-17)26-25(28)19-8-6-18(7-9-19)20-10-13-22-16(2)14-24(27)29-23(22)15-20/h4-15H,3H2,1-2H3,(H,26,28). The lowest BCUT2D eigenvalue weighted by molar-refractivity contribution is 0.102. The SMILES string of the molecule is CCc1ccc(NC(=O)c2ccc(-c3ccc4c(C)cc(=O)oc4c3)cc2)cc1. The molecule has 1 heterocycles. The van der Waals surface area contributed by atoms with Gasteiger partial charge in [-0.25, -0.2) is 4.79 Å². The largest absolute Gasteiger partial charge is 0.423 e. The van der Waals surface area contributed by atoms with Gasteiger partial charge in [0.1, 0.15) is 5.58 Å². The van der Waals surface area contributed by atoms with Crippen LogP contribution in [0, 0.1) is 6.92 Å². The highest BCUT2D eigenvalue weighted by Crippen LogP contribution is 2.26. The number of benzene rings is 3. The molecule has 4 aromatic rings. The van der Waals surface area contributed by atoms with Gasteiger partial charge >= 0.3 is 5.63 Å². The number of aryl methyl sites for hydroxylation is 2. The zero-order valence-corrected chi connectivity index (χ0v) is 16.4.